The molecule has 0 aliphatic carbocycles. The van der Waals surface area contributed by atoms with Crippen molar-refractivity contribution in [3.8, 4) is 5.75 Å². The Kier molecular flexibility index (Phi) is 5.32. The molecule has 0 bridgehead atoms. The number of aromatic nitrogens is 2. The van der Waals surface area contributed by atoms with E-state index in [4.69, 9.17) is 4.74 Å². The van der Waals surface area contributed by atoms with E-state index in [0.29, 0.717) is 12.2 Å². The molecule has 2 N–H and O–H groups in total. The summed E-state index contributed by atoms with van der Waals surface area (Å²) in [5.41, 5.74) is 5.89. The Labute approximate surface area is 184 Å². The zero-order valence-electron chi connectivity index (χ0n) is 17.2. The van der Waals surface area contributed by atoms with Crippen LogP contribution in [0.15, 0.2) is 96.1 Å². The minimum atomic E-state index is -0.252. The van der Waals surface area contributed by atoms with Crippen LogP contribution >= 0.6 is 0 Å². The van der Waals surface area contributed by atoms with E-state index in [0.717, 1.165) is 38.9 Å². The van der Waals surface area contributed by atoms with Gasteiger partial charge in [0.05, 0.1) is 17.2 Å². The predicted octanol–water partition coefficient (Wildman–Crippen LogP) is 5.06. The summed E-state index contributed by atoms with van der Waals surface area (Å²) in [5, 5.41) is 6.17. The minimum Gasteiger partial charge on any atom is -0.486 e. The largest absolute Gasteiger partial charge is 0.486 e. The Balaban J connectivity index is 1.17. The monoisotopic (exact) mass is 420 g/mol. The summed E-state index contributed by atoms with van der Waals surface area (Å²) in [7, 11) is 0. The van der Waals surface area contributed by atoms with Gasteiger partial charge in [-0.05, 0) is 64.9 Å². The molecule has 0 fully saturated rings. The number of benzene rings is 4. The van der Waals surface area contributed by atoms with Crippen molar-refractivity contribution in [1.29, 1.82) is 0 Å². The summed E-state index contributed by atoms with van der Waals surface area (Å²) in [6.07, 6.45) is 1.60. The van der Waals surface area contributed by atoms with E-state index in [-0.39, 0.29) is 5.91 Å². The van der Waals surface area contributed by atoms with Crippen LogP contribution in [0.25, 0.3) is 21.8 Å². The van der Waals surface area contributed by atoms with Crippen molar-refractivity contribution < 1.29 is 9.53 Å². The maximum absolute atomic E-state index is 12.4. The fourth-order valence-electron chi connectivity index (χ4n) is 3.44. The topological polar surface area (TPSA) is 79.4 Å². The van der Waals surface area contributed by atoms with Crippen molar-refractivity contribution in [2.45, 2.75) is 6.61 Å². The first-order chi connectivity index (χ1) is 15.7. The Morgan fingerprint density at radius 1 is 0.938 bits per heavy atom. The third-order valence-corrected chi connectivity index (χ3v) is 5.09. The molecule has 1 aromatic heterocycles. The van der Waals surface area contributed by atoms with Crippen LogP contribution in [0.4, 0.5) is 0 Å². The summed E-state index contributed by atoms with van der Waals surface area (Å²) in [6, 6.07) is 28.8. The first-order valence-electron chi connectivity index (χ1n) is 10.2. The molecule has 0 saturated carbocycles. The van der Waals surface area contributed by atoms with Crippen LogP contribution in [0.5, 0.6) is 5.75 Å². The normalized spacial score (nSPS) is 11.2. The Morgan fingerprint density at radius 2 is 1.72 bits per heavy atom. The van der Waals surface area contributed by atoms with Gasteiger partial charge in [-0.3, -0.25) is 4.79 Å². The maximum Gasteiger partial charge on any atom is 0.271 e. The molecule has 1 amide bonds. The molecule has 0 spiro atoms. The smallest absolute Gasteiger partial charge is 0.271 e. The van der Waals surface area contributed by atoms with Crippen LogP contribution in [0.2, 0.25) is 0 Å². The molecule has 0 aliphatic rings. The molecule has 0 radical (unpaired) electrons. The van der Waals surface area contributed by atoms with E-state index in [1.54, 1.807) is 12.3 Å². The van der Waals surface area contributed by atoms with Crippen molar-refractivity contribution >= 4 is 33.9 Å². The van der Waals surface area contributed by atoms with Gasteiger partial charge in [0.15, 0.2) is 0 Å². The van der Waals surface area contributed by atoms with Crippen LogP contribution < -0.4 is 10.2 Å². The van der Waals surface area contributed by atoms with E-state index in [1.165, 1.54) is 0 Å². The molecule has 0 aliphatic heterocycles. The maximum atomic E-state index is 12.4. The number of nitrogens with zero attached hydrogens (tertiary/aromatic N) is 2. The molecule has 6 nitrogen and oxygen atoms in total. The minimum absolute atomic E-state index is 0.252. The number of ether oxygens (including phenoxy) is 1. The number of amides is 1. The zero-order chi connectivity index (χ0) is 21.8. The van der Waals surface area contributed by atoms with Crippen molar-refractivity contribution in [2.24, 2.45) is 5.10 Å². The van der Waals surface area contributed by atoms with Gasteiger partial charge in [0.25, 0.3) is 5.91 Å². The second-order valence-corrected chi connectivity index (χ2v) is 7.32. The van der Waals surface area contributed by atoms with Crippen LogP contribution in [0.1, 0.15) is 21.7 Å². The molecule has 0 saturated heterocycles. The van der Waals surface area contributed by atoms with Crippen molar-refractivity contribution in [3.05, 3.63) is 108 Å². The van der Waals surface area contributed by atoms with Gasteiger partial charge < -0.3 is 9.72 Å². The van der Waals surface area contributed by atoms with E-state index in [1.807, 2.05) is 84.9 Å². The molecule has 1 heterocycles. The number of rotatable bonds is 6. The third kappa shape index (κ3) is 4.34. The highest BCUT2D eigenvalue weighted by Crippen LogP contribution is 2.16. The molecule has 5 rings (SSSR count). The molecule has 0 unspecified atom stereocenters. The first kappa shape index (κ1) is 19.5. The fraction of sp³-hybridized carbons (Fsp3) is 0.0385. The van der Waals surface area contributed by atoms with Gasteiger partial charge in [0, 0.05) is 5.56 Å². The van der Waals surface area contributed by atoms with Crippen LogP contribution in [0.3, 0.4) is 0 Å². The Bertz CT molecular complexity index is 1390. The Hall–Kier alpha value is -4.45. The molecule has 6 heteroatoms. The van der Waals surface area contributed by atoms with E-state index >= 15 is 0 Å². The highest BCUT2D eigenvalue weighted by atomic mass is 16.5. The highest BCUT2D eigenvalue weighted by Gasteiger charge is 2.05. The van der Waals surface area contributed by atoms with E-state index < -0.39 is 0 Å². The van der Waals surface area contributed by atoms with Gasteiger partial charge in [0.2, 0.25) is 0 Å². The average Bonchev–Trinajstić information content (AvgIpc) is 3.26. The van der Waals surface area contributed by atoms with E-state index in [2.05, 4.69) is 20.5 Å². The van der Waals surface area contributed by atoms with Crippen molar-refractivity contribution in [3.63, 3.8) is 0 Å². The van der Waals surface area contributed by atoms with Crippen LogP contribution in [-0.4, -0.2) is 22.1 Å². The van der Waals surface area contributed by atoms with Crippen LogP contribution in [0, 0.1) is 0 Å². The van der Waals surface area contributed by atoms with Crippen molar-refractivity contribution in [1.82, 2.24) is 15.4 Å². The fourth-order valence-corrected chi connectivity index (χ4v) is 3.44. The number of fused-ring (bicyclic) bond motifs is 2. The van der Waals surface area contributed by atoms with Crippen LogP contribution in [-0.2, 0) is 6.61 Å². The lowest BCUT2D eigenvalue weighted by Crippen LogP contribution is -2.17. The lowest BCUT2D eigenvalue weighted by Gasteiger charge is -2.04. The lowest BCUT2D eigenvalue weighted by molar-refractivity contribution is 0.0955. The molecule has 156 valence electrons. The second-order valence-electron chi connectivity index (χ2n) is 7.32. The number of para-hydroxylation sites is 2. The van der Waals surface area contributed by atoms with Gasteiger partial charge in [-0.1, -0.05) is 42.5 Å². The average molecular weight is 420 g/mol. The van der Waals surface area contributed by atoms with Gasteiger partial charge in [0.1, 0.15) is 18.2 Å². The first-order valence-corrected chi connectivity index (χ1v) is 10.2. The summed E-state index contributed by atoms with van der Waals surface area (Å²) >= 11 is 0. The number of hydrogen-bond donors (Lipinski definition) is 2. The summed E-state index contributed by atoms with van der Waals surface area (Å²) < 4.78 is 5.80. The second kappa shape index (κ2) is 8.73. The quantitative estimate of drug-likeness (QED) is 0.298. The highest BCUT2D eigenvalue weighted by molar-refractivity contribution is 5.99. The number of hydrogen-bond acceptors (Lipinski definition) is 4. The standard InChI is InChI=1S/C26H20N4O2/c31-26(21-12-11-19-5-1-2-6-20(19)15-21)30-27-16-18-9-13-22(14-10-18)32-17-25-28-23-7-3-4-8-24(23)29-25/h1-16H,17H2,(H,28,29)(H,30,31)/b27-16-. The molecule has 5 aromatic rings. The predicted molar refractivity (Wildman–Crippen MR) is 126 cm³/mol. The SMILES string of the molecule is O=C(N/N=C\c1ccc(OCc2nc3ccccc3[nH]2)cc1)c1ccc2ccccc2c1. The van der Waals surface area contributed by atoms with Gasteiger partial charge in [-0.2, -0.15) is 5.10 Å². The number of imidazole rings is 1. The summed E-state index contributed by atoms with van der Waals surface area (Å²) in [4.78, 5) is 20.1. The summed E-state index contributed by atoms with van der Waals surface area (Å²) in [5.74, 6) is 1.24. The molecule has 0 atom stereocenters. The number of carbonyl (C=O) groups excluding carboxylic acids is 1. The molecular formula is C26H20N4O2. The Morgan fingerprint density at radius 3 is 2.56 bits per heavy atom. The van der Waals surface area contributed by atoms with Gasteiger partial charge >= 0.3 is 0 Å². The zero-order valence-corrected chi connectivity index (χ0v) is 17.2. The summed E-state index contributed by atoms with van der Waals surface area (Å²) in [6.45, 7) is 0.351. The van der Waals surface area contributed by atoms with Gasteiger partial charge in [-0.15, -0.1) is 0 Å². The molecule has 4 aromatic carbocycles. The number of nitrogens with one attached hydrogen (secondary N) is 2. The third-order valence-electron chi connectivity index (χ3n) is 5.09. The van der Waals surface area contributed by atoms with E-state index in [9.17, 15) is 4.79 Å². The lowest BCUT2D eigenvalue weighted by atomic mass is 10.1. The van der Waals surface area contributed by atoms with Crippen molar-refractivity contribution in [2.75, 3.05) is 0 Å². The number of carbonyl (C=O) groups is 1. The molecule has 32 heavy (non-hydrogen) atoms. The number of H-pyrrole nitrogens is 1. The number of aromatic amines is 1. The number of hydrazone groups is 1. The van der Waals surface area contributed by atoms with Gasteiger partial charge in [-0.25, -0.2) is 10.4 Å². The molecular weight excluding hydrogens is 400 g/mol.